The van der Waals surface area contributed by atoms with Gasteiger partial charge in [-0.15, -0.1) is 0 Å². The van der Waals surface area contributed by atoms with Gasteiger partial charge in [0.2, 0.25) is 5.91 Å². The predicted octanol–water partition coefficient (Wildman–Crippen LogP) is 4.42. The van der Waals surface area contributed by atoms with Crippen LogP contribution in [-0.2, 0) is 10.5 Å². The van der Waals surface area contributed by atoms with Crippen LogP contribution in [0.25, 0.3) is 0 Å². The van der Waals surface area contributed by atoms with Crippen molar-refractivity contribution in [3.8, 4) is 11.5 Å². The number of ether oxygens (including phenoxy) is 2. The van der Waals surface area contributed by atoms with Crippen molar-refractivity contribution < 1.29 is 14.3 Å². The van der Waals surface area contributed by atoms with Crippen molar-refractivity contribution in [2.24, 2.45) is 0 Å². The van der Waals surface area contributed by atoms with Gasteiger partial charge < -0.3 is 19.8 Å². The van der Waals surface area contributed by atoms with E-state index in [4.69, 9.17) is 9.47 Å². The Hall–Kier alpha value is -3.52. The second-order valence-electron chi connectivity index (χ2n) is 7.69. The molecule has 2 N–H and O–H groups in total. The average molecular weight is 464 g/mol. The number of carbonyl (C=O) groups is 1. The van der Waals surface area contributed by atoms with E-state index in [9.17, 15) is 9.59 Å². The van der Waals surface area contributed by atoms with Crippen molar-refractivity contribution in [3.63, 3.8) is 0 Å². The molecule has 0 saturated carbocycles. The molecule has 1 aromatic heterocycles. The Morgan fingerprint density at radius 3 is 2.82 bits per heavy atom. The second-order valence-corrected chi connectivity index (χ2v) is 8.66. The molecule has 3 aromatic rings. The molecule has 1 aliphatic rings. The number of aromatic nitrogens is 2. The summed E-state index contributed by atoms with van der Waals surface area (Å²) in [6, 6.07) is 13.6. The van der Waals surface area contributed by atoms with E-state index >= 15 is 0 Å². The molecule has 0 fully saturated rings. The fourth-order valence-electron chi connectivity index (χ4n) is 3.90. The number of aromatic amines is 1. The number of para-hydroxylation sites is 1. The molecule has 8 heteroatoms. The van der Waals surface area contributed by atoms with E-state index < -0.39 is 5.92 Å². The summed E-state index contributed by atoms with van der Waals surface area (Å²) in [6.45, 7) is 5.99. The SMILES string of the molecule is C=CCOc1c(OC)cccc1[C@@H]1CC(=O)Nc2nc(SCc3cccc(C)c3)[nH]c(=O)c21. The van der Waals surface area contributed by atoms with Gasteiger partial charge in [-0.25, -0.2) is 4.98 Å². The topological polar surface area (TPSA) is 93.3 Å². The molecule has 0 aliphatic carbocycles. The first kappa shape index (κ1) is 22.7. The zero-order chi connectivity index (χ0) is 23.4. The third kappa shape index (κ3) is 4.96. The molecule has 2 aromatic carbocycles. The van der Waals surface area contributed by atoms with Crippen LogP contribution in [0.2, 0.25) is 0 Å². The summed E-state index contributed by atoms with van der Waals surface area (Å²) >= 11 is 1.41. The number of thioether (sulfide) groups is 1. The molecule has 0 unspecified atom stereocenters. The molecular formula is C25H25N3O4S. The molecule has 0 radical (unpaired) electrons. The van der Waals surface area contributed by atoms with Gasteiger partial charge in [-0.05, 0) is 18.6 Å². The highest BCUT2D eigenvalue weighted by Crippen LogP contribution is 2.42. The van der Waals surface area contributed by atoms with Crippen molar-refractivity contribution >= 4 is 23.5 Å². The molecule has 2 heterocycles. The van der Waals surface area contributed by atoms with Gasteiger partial charge in [0.25, 0.3) is 5.56 Å². The number of benzene rings is 2. The number of H-pyrrole nitrogens is 1. The van der Waals surface area contributed by atoms with Crippen LogP contribution < -0.4 is 20.3 Å². The molecule has 7 nitrogen and oxygen atoms in total. The Kier molecular flexibility index (Phi) is 6.84. The Labute approximate surface area is 196 Å². The molecule has 0 bridgehead atoms. The number of amides is 1. The molecule has 1 aliphatic heterocycles. The quantitative estimate of drug-likeness (QED) is 0.292. The number of nitrogens with zero attached hydrogens (tertiary/aromatic N) is 1. The summed E-state index contributed by atoms with van der Waals surface area (Å²) in [4.78, 5) is 33.2. The maximum Gasteiger partial charge on any atom is 0.257 e. The second kappa shape index (κ2) is 9.95. The third-order valence-electron chi connectivity index (χ3n) is 5.34. The van der Waals surface area contributed by atoms with Crippen LogP contribution in [0.4, 0.5) is 5.82 Å². The van der Waals surface area contributed by atoms with Gasteiger partial charge >= 0.3 is 0 Å². The lowest BCUT2D eigenvalue weighted by molar-refractivity contribution is -0.116. The first-order valence-corrected chi connectivity index (χ1v) is 11.5. The lowest BCUT2D eigenvalue weighted by atomic mass is 9.86. The third-order valence-corrected chi connectivity index (χ3v) is 6.28. The zero-order valence-corrected chi connectivity index (χ0v) is 19.3. The summed E-state index contributed by atoms with van der Waals surface area (Å²) in [7, 11) is 1.55. The minimum Gasteiger partial charge on any atom is -0.493 e. The molecule has 0 spiro atoms. The highest BCUT2D eigenvalue weighted by atomic mass is 32.2. The predicted molar refractivity (Wildman–Crippen MR) is 129 cm³/mol. The van der Waals surface area contributed by atoms with Crippen LogP contribution in [0.1, 0.15) is 34.6 Å². The first-order chi connectivity index (χ1) is 16.0. The minimum absolute atomic E-state index is 0.102. The highest BCUT2D eigenvalue weighted by Gasteiger charge is 2.33. The zero-order valence-electron chi connectivity index (χ0n) is 18.5. The first-order valence-electron chi connectivity index (χ1n) is 10.5. The largest absolute Gasteiger partial charge is 0.493 e. The number of hydrogen-bond acceptors (Lipinski definition) is 6. The molecular weight excluding hydrogens is 438 g/mol. The van der Waals surface area contributed by atoms with E-state index in [0.717, 1.165) is 5.56 Å². The van der Waals surface area contributed by atoms with Crippen molar-refractivity contribution in [3.05, 3.63) is 87.7 Å². The Morgan fingerprint density at radius 1 is 1.24 bits per heavy atom. The summed E-state index contributed by atoms with van der Waals surface area (Å²) in [6.07, 6.45) is 1.73. The van der Waals surface area contributed by atoms with Crippen molar-refractivity contribution in [1.29, 1.82) is 0 Å². The van der Waals surface area contributed by atoms with Crippen LogP contribution in [0.15, 0.2) is 65.1 Å². The molecule has 4 rings (SSSR count). The lowest BCUT2D eigenvalue weighted by Gasteiger charge is -2.26. The van der Waals surface area contributed by atoms with Crippen molar-refractivity contribution in [2.75, 3.05) is 19.0 Å². The Bertz CT molecular complexity index is 1250. The standard InChI is InChI=1S/C25H25N3O4S/c1-4-11-32-22-17(9-6-10-19(22)31-3)18-13-20(29)26-23-21(18)24(30)28-25(27-23)33-14-16-8-5-7-15(2)12-16/h4-10,12,18H,1,11,13-14H2,2-3H3,(H2,26,27,28,29,30)/t18-/m0/s1. The van der Waals surface area contributed by atoms with Crippen LogP contribution in [0.5, 0.6) is 11.5 Å². The van der Waals surface area contributed by atoms with Gasteiger partial charge in [-0.1, -0.05) is 66.4 Å². The van der Waals surface area contributed by atoms with Gasteiger partial charge in [0.15, 0.2) is 16.7 Å². The van der Waals surface area contributed by atoms with E-state index in [1.807, 2.05) is 37.3 Å². The van der Waals surface area contributed by atoms with Crippen molar-refractivity contribution in [1.82, 2.24) is 9.97 Å². The van der Waals surface area contributed by atoms with Gasteiger partial charge in [0.05, 0.1) is 12.7 Å². The van der Waals surface area contributed by atoms with E-state index in [0.29, 0.717) is 33.5 Å². The smallest absolute Gasteiger partial charge is 0.257 e. The van der Waals surface area contributed by atoms with E-state index in [-0.39, 0.29) is 30.3 Å². The maximum absolute atomic E-state index is 13.2. The monoisotopic (exact) mass is 463 g/mol. The summed E-state index contributed by atoms with van der Waals surface area (Å²) in [5, 5.41) is 3.22. The summed E-state index contributed by atoms with van der Waals surface area (Å²) in [5.41, 5.74) is 3.12. The number of hydrogen-bond donors (Lipinski definition) is 2. The number of aryl methyl sites for hydroxylation is 1. The normalized spacial score (nSPS) is 14.8. The molecule has 33 heavy (non-hydrogen) atoms. The Balaban J connectivity index is 1.70. The fourth-order valence-corrected chi connectivity index (χ4v) is 4.71. The maximum atomic E-state index is 13.2. The van der Waals surface area contributed by atoms with Gasteiger partial charge in [0.1, 0.15) is 12.4 Å². The van der Waals surface area contributed by atoms with Crippen LogP contribution in [-0.4, -0.2) is 29.6 Å². The molecule has 0 saturated heterocycles. The Morgan fingerprint density at radius 2 is 2.06 bits per heavy atom. The molecule has 1 amide bonds. The number of nitrogens with one attached hydrogen (secondary N) is 2. The van der Waals surface area contributed by atoms with E-state index in [1.165, 1.54) is 17.3 Å². The summed E-state index contributed by atoms with van der Waals surface area (Å²) in [5.74, 6) is 1.22. The average Bonchev–Trinajstić information content (AvgIpc) is 2.80. The number of methoxy groups -OCH3 is 1. The minimum atomic E-state index is -0.518. The van der Waals surface area contributed by atoms with E-state index in [1.54, 1.807) is 19.3 Å². The van der Waals surface area contributed by atoms with Crippen LogP contribution in [0.3, 0.4) is 0 Å². The van der Waals surface area contributed by atoms with Gasteiger partial charge in [-0.3, -0.25) is 9.59 Å². The van der Waals surface area contributed by atoms with E-state index in [2.05, 4.69) is 27.9 Å². The number of rotatable bonds is 8. The fraction of sp³-hybridized carbons (Fsp3) is 0.240. The molecule has 170 valence electrons. The van der Waals surface area contributed by atoms with Gasteiger partial charge in [-0.2, -0.15) is 0 Å². The lowest BCUT2D eigenvalue weighted by Crippen LogP contribution is -2.31. The summed E-state index contributed by atoms with van der Waals surface area (Å²) < 4.78 is 11.3. The number of anilines is 1. The van der Waals surface area contributed by atoms with Crippen LogP contribution in [0, 0.1) is 6.92 Å². The molecule has 1 atom stereocenters. The van der Waals surface area contributed by atoms with Crippen molar-refractivity contribution in [2.45, 2.75) is 30.2 Å². The number of fused-ring (bicyclic) bond motifs is 1. The van der Waals surface area contributed by atoms with Crippen LogP contribution >= 0.6 is 11.8 Å². The highest BCUT2D eigenvalue weighted by molar-refractivity contribution is 7.98. The van der Waals surface area contributed by atoms with Gasteiger partial charge in [0, 0.05) is 23.7 Å². The number of carbonyl (C=O) groups excluding carboxylic acids is 1.